The van der Waals surface area contributed by atoms with Gasteiger partial charge in [0.25, 0.3) is 0 Å². The molecule has 4 nitrogen and oxygen atoms in total. The van der Waals surface area contributed by atoms with Crippen LogP contribution in [-0.4, -0.2) is 13.4 Å². The molecule has 0 radical (unpaired) electrons. The number of sulfonamides is 1. The van der Waals surface area contributed by atoms with Gasteiger partial charge >= 0.3 is 0 Å². The first-order valence-electron chi connectivity index (χ1n) is 7.72. The molecular formula is C19H17ClN2O2S. The van der Waals surface area contributed by atoms with Crippen LogP contribution < -0.4 is 4.72 Å². The highest BCUT2D eigenvalue weighted by atomic mass is 35.5. The van der Waals surface area contributed by atoms with E-state index >= 15 is 0 Å². The molecule has 0 unspecified atom stereocenters. The van der Waals surface area contributed by atoms with Crippen LogP contribution in [0.2, 0.25) is 5.02 Å². The molecule has 3 aromatic rings. The molecule has 0 aliphatic carbocycles. The van der Waals surface area contributed by atoms with E-state index in [1.807, 2.05) is 37.3 Å². The molecule has 0 atom stereocenters. The lowest BCUT2D eigenvalue weighted by Gasteiger charge is -2.11. The van der Waals surface area contributed by atoms with Crippen molar-refractivity contribution in [3.05, 3.63) is 83.0 Å². The molecule has 128 valence electrons. The van der Waals surface area contributed by atoms with Crippen LogP contribution in [0.3, 0.4) is 0 Å². The Bertz CT molecular complexity index is 986. The highest BCUT2D eigenvalue weighted by Gasteiger charge is 2.15. The molecule has 1 N–H and O–H groups in total. The van der Waals surface area contributed by atoms with Crippen molar-refractivity contribution < 1.29 is 8.42 Å². The van der Waals surface area contributed by atoms with Crippen molar-refractivity contribution in [3.63, 3.8) is 0 Å². The van der Waals surface area contributed by atoms with Gasteiger partial charge in [0, 0.05) is 23.3 Å². The van der Waals surface area contributed by atoms with Gasteiger partial charge in [-0.05, 0) is 36.8 Å². The molecule has 0 aliphatic rings. The predicted octanol–water partition coefficient (Wildman–Crippen LogP) is 4.19. The molecule has 25 heavy (non-hydrogen) atoms. The van der Waals surface area contributed by atoms with Crippen molar-refractivity contribution in [2.24, 2.45) is 0 Å². The minimum atomic E-state index is -3.65. The van der Waals surface area contributed by atoms with E-state index in [1.54, 1.807) is 24.4 Å². The zero-order chi connectivity index (χ0) is 17.9. The van der Waals surface area contributed by atoms with Crippen LogP contribution in [0.1, 0.15) is 11.1 Å². The van der Waals surface area contributed by atoms with Crippen LogP contribution in [0.4, 0.5) is 0 Å². The number of pyridine rings is 1. The molecule has 0 fully saturated rings. The van der Waals surface area contributed by atoms with Gasteiger partial charge in [0.05, 0.1) is 10.6 Å². The summed E-state index contributed by atoms with van der Waals surface area (Å²) in [5.41, 5.74) is 3.67. The van der Waals surface area contributed by atoms with Gasteiger partial charge in [-0.2, -0.15) is 0 Å². The fraction of sp³-hybridized carbons (Fsp3) is 0.105. The maximum absolute atomic E-state index is 12.5. The lowest BCUT2D eigenvalue weighted by atomic mass is 10.0. The van der Waals surface area contributed by atoms with Crippen LogP contribution in [0, 0.1) is 6.92 Å². The summed E-state index contributed by atoms with van der Waals surface area (Å²) < 4.78 is 27.5. The summed E-state index contributed by atoms with van der Waals surface area (Å²) in [6.45, 7) is 2.16. The van der Waals surface area contributed by atoms with Gasteiger partial charge in [-0.3, -0.25) is 4.98 Å². The molecule has 2 aromatic carbocycles. The molecule has 0 saturated heterocycles. The van der Waals surface area contributed by atoms with Gasteiger partial charge < -0.3 is 0 Å². The van der Waals surface area contributed by atoms with Gasteiger partial charge in [0.15, 0.2) is 0 Å². The number of nitrogens with one attached hydrogen (secondary N) is 1. The van der Waals surface area contributed by atoms with Crippen molar-refractivity contribution in [1.29, 1.82) is 0 Å². The maximum Gasteiger partial charge on any atom is 0.240 e. The second kappa shape index (κ2) is 7.35. The minimum absolute atomic E-state index is 0.140. The molecular weight excluding hydrogens is 356 g/mol. The monoisotopic (exact) mass is 372 g/mol. The number of hydrogen-bond acceptors (Lipinski definition) is 3. The summed E-state index contributed by atoms with van der Waals surface area (Å²) in [6.07, 6.45) is 1.70. The second-order valence-electron chi connectivity index (χ2n) is 5.66. The number of rotatable bonds is 5. The van der Waals surface area contributed by atoms with Gasteiger partial charge in [-0.25, -0.2) is 13.1 Å². The van der Waals surface area contributed by atoms with E-state index in [-0.39, 0.29) is 11.4 Å². The Morgan fingerprint density at radius 3 is 2.52 bits per heavy atom. The summed E-state index contributed by atoms with van der Waals surface area (Å²) in [5.74, 6) is 0. The van der Waals surface area contributed by atoms with Crippen LogP contribution in [0.25, 0.3) is 11.3 Å². The average molecular weight is 373 g/mol. The molecule has 6 heteroatoms. The number of aromatic nitrogens is 1. The normalized spacial score (nSPS) is 11.4. The van der Waals surface area contributed by atoms with Crippen LogP contribution in [0.5, 0.6) is 0 Å². The Hall–Kier alpha value is -2.21. The fourth-order valence-electron chi connectivity index (χ4n) is 2.44. The Morgan fingerprint density at radius 1 is 1.04 bits per heavy atom. The molecule has 3 rings (SSSR count). The van der Waals surface area contributed by atoms with Crippen molar-refractivity contribution in [2.45, 2.75) is 18.4 Å². The Balaban J connectivity index is 1.86. The van der Waals surface area contributed by atoms with E-state index in [9.17, 15) is 8.42 Å². The third kappa shape index (κ3) is 4.25. The Labute approximate surface area is 152 Å². The van der Waals surface area contributed by atoms with E-state index < -0.39 is 10.0 Å². The van der Waals surface area contributed by atoms with Gasteiger partial charge in [0.2, 0.25) is 10.0 Å². The molecule has 0 amide bonds. The third-order valence-electron chi connectivity index (χ3n) is 3.78. The molecule has 1 heterocycles. The van der Waals surface area contributed by atoms with Gasteiger partial charge in [0.1, 0.15) is 0 Å². The minimum Gasteiger partial charge on any atom is -0.256 e. The topological polar surface area (TPSA) is 59.1 Å². The molecule has 0 aliphatic heterocycles. The van der Waals surface area contributed by atoms with E-state index in [0.29, 0.717) is 5.02 Å². The Kier molecular flexibility index (Phi) is 5.18. The molecule has 1 aromatic heterocycles. The summed E-state index contributed by atoms with van der Waals surface area (Å²) in [7, 11) is -3.65. The smallest absolute Gasteiger partial charge is 0.240 e. The van der Waals surface area contributed by atoms with Crippen molar-refractivity contribution in [3.8, 4) is 11.3 Å². The average Bonchev–Trinajstić information content (AvgIpc) is 2.61. The zero-order valence-electron chi connectivity index (χ0n) is 13.6. The predicted molar refractivity (Wildman–Crippen MR) is 99.9 cm³/mol. The van der Waals surface area contributed by atoms with Crippen molar-refractivity contribution >= 4 is 21.6 Å². The first-order chi connectivity index (χ1) is 12.0. The SMILES string of the molecule is Cc1ccc(-c2ncccc2CNS(=O)(=O)c2cccc(Cl)c2)cc1. The number of benzene rings is 2. The number of aryl methyl sites for hydroxylation is 1. The van der Waals surface area contributed by atoms with Gasteiger partial charge in [-0.15, -0.1) is 0 Å². The molecule has 0 bridgehead atoms. The molecule has 0 spiro atoms. The first kappa shape index (κ1) is 17.6. The largest absolute Gasteiger partial charge is 0.256 e. The van der Waals surface area contributed by atoms with E-state index in [1.165, 1.54) is 12.1 Å². The summed E-state index contributed by atoms with van der Waals surface area (Å²) in [4.78, 5) is 4.55. The van der Waals surface area contributed by atoms with Crippen molar-refractivity contribution in [1.82, 2.24) is 9.71 Å². The lowest BCUT2D eigenvalue weighted by Crippen LogP contribution is -2.23. The number of hydrogen-bond donors (Lipinski definition) is 1. The zero-order valence-corrected chi connectivity index (χ0v) is 15.2. The van der Waals surface area contributed by atoms with Crippen molar-refractivity contribution in [2.75, 3.05) is 0 Å². The summed E-state index contributed by atoms with van der Waals surface area (Å²) >= 11 is 5.88. The van der Waals surface area contributed by atoms with E-state index in [4.69, 9.17) is 11.6 Å². The fourth-order valence-corrected chi connectivity index (χ4v) is 3.75. The second-order valence-corrected chi connectivity index (χ2v) is 7.86. The van der Waals surface area contributed by atoms with E-state index in [2.05, 4.69) is 9.71 Å². The van der Waals surface area contributed by atoms with Crippen LogP contribution in [0.15, 0.2) is 71.8 Å². The van der Waals surface area contributed by atoms with Crippen LogP contribution in [-0.2, 0) is 16.6 Å². The first-order valence-corrected chi connectivity index (χ1v) is 9.58. The quantitative estimate of drug-likeness (QED) is 0.730. The van der Waals surface area contributed by atoms with Crippen LogP contribution >= 0.6 is 11.6 Å². The number of halogens is 1. The molecule has 0 saturated carbocycles. The highest BCUT2D eigenvalue weighted by molar-refractivity contribution is 7.89. The number of nitrogens with zero attached hydrogens (tertiary/aromatic N) is 1. The highest BCUT2D eigenvalue weighted by Crippen LogP contribution is 2.22. The lowest BCUT2D eigenvalue weighted by molar-refractivity contribution is 0.581. The maximum atomic E-state index is 12.5. The van der Waals surface area contributed by atoms with E-state index in [0.717, 1.165) is 22.4 Å². The standard InChI is InChI=1S/C19H17ClN2O2S/c1-14-7-9-15(10-8-14)19-16(4-3-11-21-19)13-22-25(23,24)18-6-2-5-17(20)12-18/h2-12,22H,13H2,1H3. The van der Waals surface area contributed by atoms with Gasteiger partial charge in [-0.1, -0.05) is 53.6 Å². The summed E-state index contributed by atoms with van der Waals surface area (Å²) in [5, 5.41) is 0.379. The Morgan fingerprint density at radius 2 is 1.80 bits per heavy atom. The summed E-state index contributed by atoms with van der Waals surface area (Å²) in [6, 6.07) is 17.8. The third-order valence-corrected chi connectivity index (χ3v) is 5.41.